The molecule has 6 heteroatoms. The fraction of sp³-hybridized carbons (Fsp3) is 0.217. The Morgan fingerprint density at radius 1 is 1.00 bits per heavy atom. The van der Waals surface area contributed by atoms with Gasteiger partial charge in [0, 0.05) is 17.3 Å². The zero-order chi connectivity index (χ0) is 20.2. The van der Waals surface area contributed by atoms with E-state index in [4.69, 9.17) is 16.3 Å². The van der Waals surface area contributed by atoms with Crippen LogP contribution in [0.1, 0.15) is 23.9 Å². The summed E-state index contributed by atoms with van der Waals surface area (Å²) in [6, 6.07) is 20.3. The molecule has 0 saturated heterocycles. The first-order valence-electron chi connectivity index (χ1n) is 9.56. The van der Waals surface area contributed by atoms with Crippen molar-refractivity contribution < 1.29 is 4.74 Å². The highest BCUT2D eigenvalue weighted by molar-refractivity contribution is 7.98. The average Bonchev–Trinajstić information content (AvgIpc) is 3.14. The van der Waals surface area contributed by atoms with Crippen LogP contribution in [0, 0.1) is 6.92 Å². The van der Waals surface area contributed by atoms with Gasteiger partial charge in [-0.05, 0) is 47.9 Å². The van der Waals surface area contributed by atoms with Gasteiger partial charge in [0.25, 0.3) is 0 Å². The van der Waals surface area contributed by atoms with Gasteiger partial charge in [-0.15, -0.1) is 10.2 Å². The normalized spacial score (nSPS) is 11.1. The van der Waals surface area contributed by atoms with Gasteiger partial charge < -0.3 is 9.30 Å². The molecule has 0 bridgehead atoms. The molecule has 0 amide bonds. The first-order chi connectivity index (χ1) is 14.2. The summed E-state index contributed by atoms with van der Waals surface area (Å²) in [4.78, 5) is 0. The van der Waals surface area contributed by atoms with E-state index in [1.54, 1.807) is 11.8 Å². The Kier molecular flexibility index (Phi) is 6.07. The van der Waals surface area contributed by atoms with Gasteiger partial charge >= 0.3 is 0 Å². The molecule has 1 heterocycles. The molecule has 0 N–H and O–H groups in total. The van der Waals surface area contributed by atoms with E-state index in [0.29, 0.717) is 6.61 Å². The number of benzene rings is 3. The van der Waals surface area contributed by atoms with Crippen molar-refractivity contribution in [1.29, 1.82) is 0 Å². The lowest BCUT2D eigenvalue weighted by atomic mass is 10.0. The molecule has 4 aromatic rings. The Labute approximate surface area is 179 Å². The summed E-state index contributed by atoms with van der Waals surface area (Å²) in [5.74, 6) is 2.45. The largest absolute Gasteiger partial charge is 0.485 e. The van der Waals surface area contributed by atoms with Crippen molar-refractivity contribution in [3.63, 3.8) is 0 Å². The van der Waals surface area contributed by atoms with Gasteiger partial charge in [-0.2, -0.15) is 0 Å². The predicted octanol–water partition coefficient (Wildman–Crippen LogP) is 6.28. The molecule has 0 aliphatic rings. The highest BCUT2D eigenvalue weighted by Crippen LogP contribution is 2.29. The molecule has 0 saturated carbocycles. The molecular weight excluding hydrogens is 402 g/mol. The summed E-state index contributed by atoms with van der Waals surface area (Å²) in [7, 11) is 0. The average molecular weight is 424 g/mol. The van der Waals surface area contributed by atoms with Crippen LogP contribution in [0.2, 0.25) is 5.02 Å². The van der Waals surface area contributed by atoms with Crippen LogP contribution in [0.4, 0.5) is 0 Å². The summed E-state index contributed by atoms with van der Waals surface area (Å²) in [5.41, 5.74) is 2.23. The van der Waals surface area contributed by atoms with Gasteiger partial charge in [0.05, 0.1) is 0 Å². The topological polar surface area (TPSA) is 39.9 Å². The van der Waals surface area contributed by atoms with Gasteiger partial charge in [-0.3, -0.25) is 0 Å². The maximum atomic E-state index is 6.27. The molecule has 1 aromatic heterocycles. The van der Waals surface area contributed by atoms with E-state index in [1.807, 2.05) is 36.4 Å². The number of aromatic nitrogens is 3. The Morgan fingerprint density at radius 3 is 2.62 bits per heavy atom. The minimum Gasteiger partial charge on any atom is -0.485 e. The Morgan fingerprint density at radius 2 is 1.79 bits per heavy atom. The third-order valence-electron chi connectivity index (χ3n) is 4.93. The summed E-state index contributed by atoms with van der Waals surface area (Å²) in [6.45, 7) is 5.35. The molecule has 0 spiro atoms. The van der Waals surface area contributed by atoms with Crippen LogP contribution in [0.25, 0.3) is 10.8 Å². The van der Waals surface area contributed by atoms with Crippen LogP contribution in [0.5, 0.6) is 5.75 Å². The molecule has 0 unspecified atom stereocenters. The Bertz CT molecular complexity index is 1140. The zero-order valence-corrected chi connectivity index (χ0v) is 18.0. The van der Waals surface area contributed by atoms with E-state index in [0.717, 1.165) is 45.2 Å². The Balaban J connectivity index is 1.48. The van der Waals surface area contributed by atoms with Gasteiger partial charge in [-0.1, -0.05) is 71.9 Å². The zero-order valence-electron chi connectivity index (χ0n) is 16.4. The molecule has 0 radical (unpaired) electrons. The molecular formula is C23H22ClN3OS. The van der Waals surface area contributed by atoms with Crippen molar-refractivity contribution in [3.8, 4) is 5.75 Å². The predicted molar refractivity (Wildman–Crippen MR) is 120 cm³/mol. The summed E-state index contributed by atoms with van der Waals surface area (Å²) in [6.07, 6.45) is 0. The van der Waals surface area contributed by atoms with Crippen LogP contribution in [0.3, 0.4) is 0 Å². The summed E-state index contributed by atoms with van der Waals surface area (Å²) >= 11 is 7.90. The third kappa shape index (κ3) is 4.26. The first kappa shape index (κ1) is 19.8. The van der Waals surface area contributed by atoms with Gasteiger partial charge in [0.15, 0.2) is 11.0 Å². The van der Waals surface area contributed by atoms with E-state index in [-0.39, 0.29) is 0 Å². The van der Waals surface area contributed by atoms with E-state index in [9.17, 15) is 0 Å². The highest BCUT2D eigenvalue weighted by Gasteiger charge is 2.14. The van der Waals surface area contributed by atoms with E-state index in [1.165, 1.54) is 10.8 Å². The van der Waals surface area contributed by atoms with Crippen molar-refractivity contribution in [2.45, 2.75) is 37.9 Å². The number of thioether (sulfide) groups is 1. The lowest BCUT2D eigenvalue weighted by Gasteiger charge is -2.12. The molecule has 4 rings (SSSR count). The summed E-state index contributed by atoms with van der Waals surface area (Å²) in [5, 5.41) is 12.8. The highest BCUT2D eigenvalue weighted by atomic mass is 35.5. The van der Waals surface area contributed by atoms with E-state index in [2.05, 4.69) is 52.9 Å². The van der Waals surface area contributed by atoms with Crippen LogP contribution >= 0.6 is 23.4 Å². The SMILES string of the molecule is CCn1c(COc2ccc3ccccc3c2C)nnc1SCc1ccccc1Cl. The monoisotopic (exact) mass is 423 g/mol. The van der Waals surface area contributed by atoms with Gasteiger partial charge in [0.2, 0.25) is 0 Å². The minimum absolute atomic E-state index is 0.382. The van der Waals surface area contributed by atoms with Crippen molar-refractivity contribution in [2.75, 3.05) is 0 Å². The molecule has 0 atom stereocenters. The number of hydrogen-bond acceptors (Lipinski definition) is 4. The van der Waals surface area contributed by atoms with E-state index < -0.39 is 0 Å². The van der Waals surface area contributed by atoms with E-state index >= 15 is 0 Å². The first-order valence-corrected chi connectivity index (χ1v) is 10.9. The smallest absolute Gasteiger partial charge is 0.191 e. The standard InChI is InChI=1S/C23H22ClN3OS/c1-3-27-22(25-26-23(27)29-15-18-9-5-7-11-20(18)24)14-28-21-13-12-17-8-4-6-10-19(17)16(21)2/h4-13H,3,14-15H2,1-2H3. The second-order valence-electron chi connectivity index (χ2n) is 6.72. The minimum atomic E-state index is 0.382. The van der Waals surface area contributed by atoms with Crippen LogP contribution in [0.15, 0.2) is 65.8 Å². The lowest BCUT2D eigenvalue weighted by molar-refractivity contribution is 0.287. The third-order valence-corrected chi connectivity index (χ3v) is 6.31. The second-order valence-corrected chi connectivity index (χ2v) is 8.07. The fourth-order valence-electron chi connectivity index (χ4n) is 3.31. The lowest BCUT2D eigenvalue weighted by Crippen LogP contribution is -2.07. The summed E-state index contributed by atoms with van der Waals surface area (Å²) < 4.78 is 8.21. The number of hydrogen-bond donors (Lipinski definition) is 0. The van der Waals surface area contributed by atoms with Crippen molar-refractivity contribution >= 4 is 34.1 Å². The second kappa shape index (κ2) is 8.89. The Hall–Kier alpha value is -2.50. The van der Waals surface area contributed by atoms with Crippen LogP contribution in [-0.2, 0) is 18.9 Å². The molecule has 3 aromatic carbocycles. The number of halogens is 1. The number of ether oxygens (including phenoxy) is 1. The quantitative estimate of drug-likeness (QED) is 0.328. The maximum Gasteiger partial charge on any atom is 0.191 e. The number of rotatable bonds is 7. The maximum absolute atomic E-state index is 6.27. The molecule has 29 heavy (non-hydrogen) atoms. The van der Waals surface area contributed by atoms with Crippen molar-refractivity contribution in [3.05, 3.63) is 82.6 Å². The van der Waals surface area contributed by atoms with Gasteiger partial charge in [0.1, 0.15) is 12.4 Å². The number of aryl methyl sites for hydroxylation is 1. The molecule has 0 aliphatic heterocycles. The fourth-order valence-corrected chi connectivity index (χ4v) is 4.62. The van der Waals surface area contributed by atoms with Crippen LogP contribution in [-0.4, -0.2) is 14.8 Å². The molecule has 0 aliphatic carbocycles. The molecule has 0 fully saturated rings. The van der Waals surface area contributed by atoms with Gasteiger partial charge in [-0.25, -0.2) is 0 Å². The number of nitrogens with zero attached hydrogens (tertiary/aromatic N) is 3. The number of fused-ring (bicyclic) bond motifs is 1. The van der Waals surface area contributed by atoms with Crippen LogP contribution < -0.4 is 4.74 Å². The van der Waals surface area contributed by atoms with Crippen molar-refractivity contribution in [1.82, 2.24) is 14.8 Å². The van der Waals surface area contributed by atoms with Crippen molar-refractivity contribution in [2.24, 2.45) is 0 Å². The molecule has 148 valence electrons. The molecule has 4 nitrogen and oxygen atoms in total.